The lowest BCUT2D eigenvalue weighted by atomic mass is 9.80. The highest BCUT2D eigenvalue weighted by atomic mass is 19.4. The first-order valence-corrected chi connectivity index (χ1v) is 8.60. The van der Waals surface area contributed by atoms with Crippen molar-refractivity contribution in [1.82, 2.24) is 5.01 Å². The summed E-state index contributed by atoms with van der Waals surface area (Å²) in [6, 6.07) is 7.00. The fourth-order valence-corrected chi connectivity index (χ4v) is 3.72. The number of aryl methyl sites for hydroxylation is 1. The Morgan fingerprint density at radius 1 is 1.38 bits per heavy atom. The number of aliphatic hydroxyl groups is 1. The zero-order valence-corrected chi connectivity index (χ0v) is 14.4. The molecule has 1 aliphatic heterocycles. The Bertz CT molecular complexity index is 720. The maximum atomic E-state index is 13.7. The van der Waals surface area contributed by atoms with E-state index < -0.39 is 23.7 Å². The number of carbonyl (C=O) groups is 1. The van der Waals surface area contributed by atoms with Crippen LogP contribution >= 0.6 is 0 Å². The largest absolute Gasteiger partial charge is 0.496 e. The molecule has 0 spiro atoms. The fraction of sp³-hybridized carbons (Fsp3) is 0.556. The number of hydrazone groups is 1. The van der Waals surface area contributed by atoms with E-state index in [0.717, 1.165) is 0 Å². The number of methoxy groups -OCH3 is 1. The zero-order chi connectivity index (χ0) is 18.9. The number of carbonyl (C=O) groups excluding carboxylic acids is 1. The van der Waals surface area contributed by atoms with Crippen molar-refractivity contribution in [3.05, 3.63) is 29.8 Å². The van der Waals surface area contributed by atoms with Crippen molar-refractivity contribution in [2.75, 3.05) is 7.11 Å². The Balaban J connectivity index is 1.81. The van der Waals surface area contributed by atoms with Gasteiger partial charge in [-0.1, -0.05) is 24.6 Å². The molecule has 5 nitrogen and oxygen atoms in total. The number of hydrogen-bond acceptors (Lipinski definition) is 4. The number of rotatable bonds is 4. The van der Waals surface area contributed by atoms with E-state index in [1.807, 2.05) is 0 Å². The molecule has 1 aromatic carbocycles. The van der Waals surface area contributed by atoms with E-state index in [1.54, 1.807) is 24.3 Å². The van der Waals surface area contributed by atoms with Gasteiger partial charge in [-0.25, -0.2) is 0 Å². The SMILES string of the molecule is COc1ccccc1CCC(=O)N1N=C2CCCC[C@@H]2[C@]1(O)C(F)(F)F. The monoisotopic (exact) mass is 370 g/mol. The van der Waals surface area contributed by atoms with Crippen LogP contribution in [0.15, 0.2) is 29.4 Å². The number of hydrogen-bond donors (Lipinski definition) is 1. The molecule has 1 aliphatic carbocycles. The summed E-state index contributed by atoms with van der Waals surface area (Å²) < 4.78 is 46.2. The lowest BCUT2D eigenvalue weighted by Crippen LogP contribution is -2.61. The first-order valence-electron chi connectivity index (χ1n) is 8.60. The Labute approximate surface area is 149 Å². The van der Waals surface area contributed by atoms with Gasteiger partial charge in [-0.2, -0.15) is 23.3 Å². The first-order chi connectivity index (χ1) is 12.3. The van der Waals surface area contributed by atoms with Crippen molar-refractivity contribution in [3.8, 4) is 5.75 Å². The molecular weight excluding hydrogens is 349 g/mol. The van der Waals surface area contributed by atoms with Gasteiger partial charge in [0.15, 0.2) is 0 Å². The minimum absolute atomic E-state index is 0.172. The quantitative estimate of drug-likeness (QED) is 0.885. The molecule has 1 fully saturated rings. The minimum Gasteiger partial charge on any atom is -0.496 e. The summed E-state index contributed by atoms with van der Waals surface area (Å²) in [5, 5.41) is 14.6. The number of fused-ring (bicyclic) bond motifs is 1. The van der Waals surface area contributed by atoms with Crippen LogP contribution in [0.5, 0.6) is 5.75 Å². The molecule has 0 saturated heterocycles. The molecule has 2 atom stereocenters. The number of para-hydroxylation sites is 1. The lowest BCUT2D eigenvalue weighted by molar-refractivity contribution is -0.317. The predicted molar refractivity (Wildman–Crippen MR) is 88.6 cm³/mol. The van der Waals surface area contributed by atoms with Gasteiger partial charge < -0.3 is 9.84 Å². The summed E-state index contributed by atoms with van der Waals surface area (Å²) in [5.41, 5.74) is -2.27. The van der Waals surface area contributed by atoms with Crippen molar-refractivity contribution in [3.63, 3.8) is 0 Å². The summed E-state index contributed by atoms with van der Waals surface area (Å²) in [4.78, 5) is 12.5. The maximum Gasteiger partial charge on any atom is 0.439 e. The van der Waals surface area contributed by atoms with Crippen molar-refractivity contribution in [2.45, 2.75) is 50.4 Å². The van der Waals surface area contributed by atoms with Gasteiger partial charge in [0.05, 0.1) is 13.0 Å². The highest BCUT2D eigenvalue weighted by Gasteiger charge is 2.68. The minimum atomic E-state index is -4.97. The van der Waals surface area contributed by atoms with E-state index in [9.17, 15) is 23.1 Å². The Hall–Kier alpha value is -2.09. The molecule has 3 rings (SSSR count). The van der Waals surface area contributed by atoms with Gasteiger partial charge in [-0.15, -0.1) is 0 Å². The highest BCUT2D eigenvalue weighted by Crippen LogP contribution is 2.48. The molecular formula is C18H21F3N2O3. The van der Waals surface area contributed by atoms with E-state index in [-0.39, 0.29) is 30.0 Å². The van der Waals surface area contributed by atoms with E-state index in [4.69, 9.17) is 4.74 Å². The van der Waals surface area contributed by atoms with Crippen LogP contribution in [0, 0.1) is 5.92 Å². The van der Waals surface area contributed by atoms with E-state index in [1.165, 1.54) is 7.11 Å². The summed E-state index contributed by atoms with van der Waals surface area (Å²) in [5.74, 6) is -1.46. The van der Waals surface area contributed by atoms with Crippen LogP contribution in [0.1, 0.15) is 37.7 Å². The third-order valence-electron chi connectivity index (χ3n) is 5.07. The molecule has 1 aromatic rings. The molecule has 8 heteroatoms. The van der Waals surface area contributed by atoms with Crippen LogP contribution in [0.4, 0.5) is 13.2 Å². The number of ether oxygens (including phenoxy) is 1. The molecule has 1 heterocycles. The standard InChI is InChI=1S/C18H21F3N2O3/c1-26-15-9-5-2-6-12(15)10-11-16(24)23-17(25,18(19,20)21)13-7-3-4-8-14(13)22-23/h2,5-6,9,13,25H,3-4,7-8,10-11H2,1H3/t13-,17-/m0/s1. The van der Waals surface area contributed by atoms with Crippen LogP contribution in [-0.2, 0) is 11.2 Å². The van der Waals surface area contributed by atoms with E-state index in [0.29, 0.717) is 30.6 Å². The number of benzene rings is 1. The topological polar surface area (TPSA) is 62.1 Å². The Kier molecular flexibility index (Phi) is 4.96. The van der Waals surface area contributed by atoms with Gasteiger partial charge in [-0.05, 0) is 37.3 Å². The molecule has 0 unspecified atom stereocenters. The van der Waals surface area contributed by atoms with E-state index >= 15 is 0 Å². The van der Waals surface area contributed by atoms with Crippen LogP contribution < -0.4 is 4.74 Å². The second-order valence-electron chi connectivity index (χ2n) is 6.63. The van der Waals surface area contributed by atoms with Gasteiger partial charge in [0, 0.05) is 12.1 Å². The maximum absolute atomic E-state index is 13.7. The summed E-state index contributed by atoms with van der Waals surface area (Å²) in [6.07, 6.45) is -3.15. The molecule has 1 amide bonds. The molecule has 142 valence electrons. The number of halogens is 3. The smallest absolute Gasteiger partial charge is 0.439 e. The molecule has 1 N–H and O–H groups in total. The summed E-state index contributed by atoms with van der Waals surface area (Å²) >= 11 is 0. The van der Waals surface area contributed by atoms with Gasteiger partial charge in [0.1, 0.15) is 5.75 Å². The molecule has 0 radical (unpaired) electrons. The second-order valence-corrected chi connectivity index (χ2v) is 6.63. The van der Waals surface area contributed by atoms with Crippen LogP contribution in [-0.4, -0.2) is 40.7 Å². The van der Waals surface area contributed by atoms with Crippen molar-refractivity contribution in [2.24, 2.45) is 11.0 Å². The number of amides is 1. The highest BCUT2D eigenvalue weighted by molar-refractivity contribution is 5.93. The third-order valence-corrected chi connectivity index (χ3v) is 5.07. The zero-order valence-electron chi connectivity index (χ0n) is 14.4. The van der Waals surface area contributed by atoms with Gasteiger partial charge >= 0.3 is 6.18 Å². The van der Waals surface area contributed by atoms with Crippen LogP contribution in [0.3, 0.4) is 0 Å². The van der Waals surface area contributed by atoms with Gasteiger partial charge in [0.25, 0.3) is 5.72 Å². The molecule has 0 aromatic heterocycles. The Morgan fingerprint density at radius 3 is 2.81 bits per heavy atom. The molecule has 0 bridgehead atoms. The van der Waals surface area contributed by atoms with Gasteiger partial charge in [0.2, 0.25) is 5.91 Å². The Morgan fingerprint density at radius 2 is 2.12 bits per heavy atom. The fourth-order valence-electron chi connectivity index (χ4n) is 3.72. The molecule has 26 heavy (non-hydrogen) atoms. The lowest BCUT2D eigenvalue weighted by Gasteiger charge is -2.38. The normalized spacial score (nSPS) is 25.7. The average Bonchev–Trinajstić information content (AvgIpc) is 2.94. The predicted octanol–water partition coefficient (Wildman–Crippen LogP) is 3.27. The van der Waals surface area contributed by atoms with E-state index in [2.05, 4.69) is 5.10 Å². The average molecular weight is 370 g/mol. The van der Waals surface area contributed by atoms with Crippen molar-refractivity contribution in [1.29, 1.82) is 0 Å². The van der Waals surface area contributed by atoms with Crippen LogP contribution in [0.2, 0.25) is 0 Å². The second kappa shape index (κ2) is 6.90. The first kappa shape index (κ1) is 18.7. The number of alkyl halides is 3. The van der Waals surface area contributed by atoms with Crippen molar-refractivity contribution < 1.29 is 27.8 Å². The summed E-state index contributed by atoms with van der Waals surface area (Å²) in [7, 11) is 1.49. The van der Waals surface area contributed by atoms with Gasteiger partial charge in [-0.3, -0.25) is 4.79 Å². The van der Waals surface area contributed by atoms with Crippen molar-refractivity contribution >= 4 is 11.6 Å². The van der Waals surface area contributed by atoms with Crippen LogP contribution in [0.25, 0.3) is 0 Å². The number of nitrogens with zero attached hydrogens (tertiary/aromatic N) is 2. The third kappa shape index (κ3) is 3.06. The molecule has 2 aliphatic rings. The summed E-state index contributed by atoms with van der Waals surface area (Å²) in [6.45, 7) is 0. The molecule has 1 saturated carbocycles.